The molecule has 2 N–H and O–H groups in total. The van der Waals surface area contributed by atoms with E-state index < -0.39 is 0 Å². The average Bonchev–Trinajstić information content (AvgIpc) is 3.14. The monoisotopic (exact) mass is 339 g/mol. The van der Waals surface area contributed by atoms with Gasteiger partial charge in [-0.05, 0) is 42.5 Å². The molecule has 0 radical (unpaired) electrons. The highest BCUT2D eigenvalue weighted by Gasteiger charge is 2.17. The summed E-state index contributed by atoms with van der Waals surface area (Å²) in [5.41, 5.74) is 3.60. The highest BCUT2D eigenvalue weighted by molar-refractivity contribution is 5.92. The first-order chi connectivity index (χ1) is 12.1. The number of anilines is 2. The van der Waals surface area contributed by atoms with E-state index in [1.807, 2.05) is 18.2 Å². The number of hydrogen-bond donors (Lipinski definition) is 2. The maximum atomic E-state index is 12.2. The van der Waals surface area contributed by atoms with E-state index in [1.165, 1.54) is 5.56 Å². The van der Waals surface area contributed by atoms with Crippen molar-refractivity contribution in [2.45, 2.75) is 38.7 Å². The molecular formula is C20H25N3O2. The van der Waals surface area contributed by atoms with Crippen LogP contribution in [0.15, 0.2) is 42.6 Å². The van der Waals surface area contributed by atoms with Crippen LogP contribution in [0.2, 0.25) is 0 Å². The van der Waals surface area contributed by atoms with Gasteiger partial charge in [0.15, 0.2) is 0 Å². The van der Waals surface area contributed by atoms with Gasteiger partial charge in [0.25, 0.3) is 5.91 Å². The summed E-state index contributed by atoms with van der Waals surface area (Å²) in [4.78, 5) is 16.4. The van der Waals surface area contributed by atoms with Gasteiger partial charge >= 0.3 is 0 Å². The molecule has 0 saturated carbocycles. The number of benzene rings is 1. The molecule has 2 heterocycles. The summed E-state index contributed by atoms with van der Waals surface area (Å²) in [7, 11) is 0. The van der Waals surface area contributed by atoms with Crippen LogP contribution in [-0.2, 0) is 4.74 Å². The molecule has 1 aromatic heterocycles. The smallest absolute Gasteiger partial charge is 0.269 e. The minimum absolute atomic E-state index is 0.137. The maximum Gasteiger partial charge on any atom is 0.269 e. The molecule has 1 atom stereocenters. The van der Waals surface area contributed by atoms with Crippen molar-refractivity contribution in [3.63, 3.8) is 0 Å². The van der Waals surface area contributed by atoms with E-state index in [4.69, 9.17) is 4.74 Å². The number of para-hydroxylation sites is 1. The molecule has 0 bridgehead atoms. The first-order valence-electron chi connectivity index (χ1n) is 8.85. The van der Waals surface area contributed by atoms with Crippen LogP contribution in [0.25, 0.3) is 0 Å². The summed E-state index contributed by atoms with van der Waals surface area (Å²) in [5.74, 6) is 0.268. The molecule has 1 saturated heterocycles. The number of rotatable bonds is 6. The first-order valence-corrected chi connectivity index (χ1v) is 8.85. The molecule has 1 fully saturated rings. The number of hydrogen-bond acceptors (Lipinski definition) is 4. The van der Waals surface area contributed by atoms with Crippen LogP contribution in [0.1, 0.15) is 48.7 Å². The molecule has 0 aliphatic carbocycles. The summed E-state index contributed by atoms with van der Waals surface area (Å²) in [6.45, 7) is 5.67. The van der Waals surface area contributed by atoms with Crippen molar-refractivity contribution in [1.82, 2.24) is 10.3 Å². The third-order valence-corrected chi connectivity index (χ3v) is 4.37. The lowest BCUT2D eigenvalue weighted by Gasteiger charge is -2.14. The summed E-state index contributed by atoms with van der Waals surface area (Å²) >= 11 is 0. The number of pyridine rings is 1. The van der Waals surface area contributed by atoms with E-state index in [0.717, 1.165) is 30.8 Å². The maximum absolute atomic E-state index is 12.2. The van der Waals surface area contributed by atoms with Crippen molar-refractivity contribution < 1.29 is 9.53 Å². The Balaban J connectivity index is 1.61. The number of amides is 1. The number of nitrogens with zero attached hydrogens (tertiary/aromatic N) is 1. The topological polar surface area (TPSA) is 63.2 Å². The van der Waals surface area contributed by atoms with Gasteiger partial charge in [-0.1, -0.05) is 32.0 Å². The van der Waals surface area contributed by atoms with Gasteiger partial charge in [-0.2, -0.15) is 0 Å². The minimum Gasteiger partial charge on any atom is -0.376 e. The molecule has 25 heavy (non-hydrogen) atoms. The zero-order valence-corrected chi connectivity index (χ0v) is 14.8. The van der Waals surface area contributed by atoms with Crippen LogP contribution in [0.5, 0.6) is 0 Å². The Hall–Kier alpha value is -2.40. The summed E-state index contributed by atoms with van der Waals surface area (Å²) in [6.07, 6.45) is 3.90. The van der Waals surface area contributed by atoms with Crippen LogP contribution in [0.3, 0.4) is 0 Å². The molecule has 5 heteroatoms. The van der Waals surface area contributed by atoms with E-state index in [9.17, 15) is 4.79 Å². The molecule has 1 amide bonds. The highest BCUT2D eigenvalue weighted by atomic mass is 16.5. The van der Waals surface area contributed by atoms with E-state index in [0.29, 0.717) is 18.2 Å². The predicted molar refractivity (Wildman–Crippen MR) is 99.4 cm³/mol. The number of ether oxygens (including phenoxy) is 1. The van der Waals surface area contributed by atoms with Crippen molar-refractivity contribution in [3.8, 4) is 0 Å². The molecule has 1 aromatic carbocycles. The third-order valence-electron chi connectivity index (χ3n) is 4.37. The molecule has 132 valence electrons. The Kier molecular flexibility index (Phi) is 5.66. The molecule has 0 spiro atoms. The van der Waals surface area contributed by atoms with Gasteiger partial charge in [-0.3, -0.25) is 4.79 Å². The van der Waals surface area contributed by atoms with Crippen LogP contribution in [-0.4, -0.2) is 30.1 Å². The SMILES string of the molecule is CC(C)c1ccccc1Nc1ccc(C(=O)NCC2CCCO2)nc1. The predicted octanol–water partition coefficient (Wildman–Crippen LogP) is 3.86. The molecule has 1 aliphatic heterocycles. The van der Waals surface area contributed by atoms with Gasteiger partial charge in [0.1, 0.15) is 5.69 Å². The Bertz CT molecular complexity index is 707. The Morgan fingerprint density at radius 2 is 2.12 bits per heavy atom. The first kappa shape index (κ1) is 17.4. The fourth-order valence-corrected chi connectivity index (χ4v) is 2.97. The number of carbonyl (C=O) groups excluding carboxylic acids is 1. The van der Waals surface area contributed by atoms with E-state index in [1.54, 1.807) is 12.3 Å². The van der Waals surface area contributed by atoms with E-state index in [2.05, 4.69) is 41.6 Å². The van der Waals surface area contributed by atoms with Crippen molar-refractivity contribution in [3.05, 3.63) is 53.9 Å². The van der Waals surface area contributed by atoms with Gasteiger partial charge in [-0.25, -0.2) is 4.98 Å². The largest absolute Gasteiger partial charge is 0.376 e. The van der Waals surface area contributed by atoms with Crippen molar-refractivity contribution in [1.29, 1.82) is 0 Å². The second-order valence-electron chi connectivity index (χ2n) is 6.64. The van der Waals surface area contributed by atoms with Crippen molar-refractivity contribution in [2.75, 3.05) is 18.5 Å². The molecule has 3 rings (SSSR count). The van der Waals surface area contributed by atoms with Gasteiger partial charge in [-0.15, -0.1) is 0 Å². The lowest BCUT2D eigenvalue weighted by atomic mass is 10.0. The molecular weight excluding hydrogens is 314 g/mol. The van der Waals surface area contributed by atoms with Gasteiger partial charge < -0.3 is 15.4 Å². The lowest BCUT2D eigenvalue weighted by molar-refractivity contribution is 0.0854. The summed E-state index contributed by atoms with van der Waals surface area (Å²) in [5, 5.41) is 6.27. The fraction of sp³-hybridized carbons (Fsp3) is 0.400. The number of aromatic nitrogens is 1. The van der Waals surface area contributed by atoms with Gasteiger partial charge in [0, 0.05) is 18.8 Å². The number of carbonyl (C=O) groups is 1. The lowest BCUT2D eigenvalue weighted by Crippen LogP contribution is -2.32. The minimum atomic E-state index is -0.162. The molecule has 1 aliphatic rings. The average molecular weight is 339 g/mol. The van der Waals surface area contributed by atoms with E-state index in [-0.39, 0.29) is 12.0 Å². The van der Waals surface area contributed by atoms with E-state index >= 15 is 0 Å². The Morgan fingerprint density at radius 3 is 2.80 bits per heavy atom. The molecule has 2 aromatic rings. The Labute approximate surface area is 148 Å². The van der Waals surface area contributed by atoms with Crippen LogP contribution >= 0.6 is 0 Å². The third kappa shape index (κ3) is 4.57. The molecule has 5 nitrogen and oxygen atoms in total. The second-order valence-corrected chi connectivity index (χ2v) is 6.64. The number of nitrogens with one attached hydrogen (secondary N) is 2. The van der Waals surface area contributed by atoms with Gasteiger partial charge in [0.2, 0.25) is 0 Å². The summed E-state index contributed by atoms with van der Waals surface area (Å²) < 4.78 is 5.51. The fourth-order valence-electron chi connectivity index (χ4n) is 2.97. The zero-order chi connectivity index (χ0) is 17.6. The summed E-state index contributed by atoms with van der Waals surface area (Å²) in [6, 6.07) is 11.8. The van der Waals surface area contributed by atoms with Crippen LogP contribution in [0.4, 0.5) is 11.4 Å². The highest BCUT2D eigenvalue weighted by Crippen LogP contribution is 2.26. The van der Waals surface area contributed by atoms with Gasteiger partial charge in [0.05, 0.1) is 18.0 Å². The van der Waals surface area contributed by atoms with Crippen molar-refractivity contribution in [2.24, 2.45) is 0 Å². The standard InChI is InChI=1S/C20H25N3O2/c1-14(2)17-7-3-4-8-18(17)23-15-9-10-19(21-12-15)20(24)22-13-16-6-5-11-25-16/h3-4,7-10,12,14,16,23H,5-6,11,13H2,1-2H3,(H,22,24). The second kappa shape index (κ2) is 8.12. The van der Waals surface area contributed by atoms with Crippen LogP contribution < -0.4 is 10.6 Å². The normalized spacial score (nSPS) is 16.8. The quantitative estimate of drug-likeness (QED) is 0.839. The van der Waals surface area contributed by atoms with Crippen molar-refractivity contribution >= 4 is 17.3 Å². The van der Waals surface area contributed by atoms with Crippen LogP contribution in [0, 0.1) is 0 Å². The Morgan fingerprint density at radius 1 is 1.28 bits per heavy atom. The zero-order valence-electron chi connectivity index (χ0n) is 14.8. The molecule has 1 unspecified atom stereocenters.